The van der Waals surface area contributed by atoms with Crippen LogP contribution in [0.15, 0.2) is 23.2 Å². The smallest absolute Gasteiger partial charge is 0.241 e. The highest BCUT2D eigenvalue weighted by Gasteiger charge is 2.75. The molecule has 170 valence electrons. The van der Waals surface area contributed by atoms with Gasteiger partial charge in [-0.2, -0.15) is 11.8 Å². The Balaban J connectivity index is 1.65. The van der Waals surface area contributed by atoms with Crippen LogP contribution in [0, 0.1) is 22.7 Å². The molecule has 0 radical (unpaired) electrons. The average molecular weight is 451 g/mol. The lowest BCUT2D eigenvalue weighted by atomic mass is 9.45. The van der Waals surface area contributed by atoms with Gasteiger partial charge in [-0.1, -0.05) is 13.8 Å². The van der Waals surface area contributed by atoms with Gasteiger partial charge in [-0.25, -0.2) is 4.39 Å². The van der Waals surface area contributed by atoms with Crippen molar-refractivity contribution in [3.05, 3.63) is 23.2 Å². The number of fused-ring (bicyclic) bond motifs is 6. The zero-order chi connectivity index (χ0) is 22.3. The molecule has 3 saturated carbocycles. The summed E-state index contributed by atoms with van der Waals surface area (Å²) >= 11 is 1.77. The number of carbonyl (C=O) groups is 2. The third kappa shape index (κ3) is 2.48. The summed E-state index contributed by atoms with van der Waals surface area (Å²) in [6.45, 7) is 5.76. The first-order chi connectivity index (χ1) is 14.6. The molecule has 0 aromatic heterocycles. The minimum absolute atomic E-state index is 0.00360. The lowest BCUT2D eigenvalue weighted by Crippen LogP contribution is -2.69. The van der Waals surface area contributed by atoms with Gasteiger partial charge in [0.1, 0.15) is 0 Å². The van der Waals surface area contributed by atoms with Crippen molar-refractivity contribution in [2.24, 2.45) is 22.7 Å². The number of ether oxygens (including phenoxy) is 2. The van der Waals surface area contributed by atoms with E-state index in [4.69, 9.17) is 9.47 Å². The quantitative estimate of drug-likeness (QED) is 0.698. The number of halogens is 1. The molecule has 1 unspecified atom stereocenters. The van der Waals surface area contributed by atoms with Crippen LogP contribution in [0.4, 0.5) is 4.39 Å². The van der Waals surface area contributed by atoms with E-state index in [0.29, 0.717) is 18.1 Å². The minimum atomic E-state index is -2.10. The number of alkyl halides is 1. The van der Waals surface area contributed by atoms with Crippen molar-refractivity contribution in [2.45, 2.75) is 82.6 Å². The topological polar surface area (TPSA) is 72.8 Å². The number of ketones is 2. The summed E-state index contributed by atoms with van der Waals surface area (Å²) < 4.78 is 29.3. The number of allylic oxidation sites excluding steroid dienone is 2. The fourth-order valence-electron chi connectivity index (χ4n) is 7.43. The zero-order valence-corrected chi connectivity index (χ0v) is 19.4. The van der Waals surface area contributed by atoms with Gasteiger partial charge in [-0.15, -0.1) is 0 Å². The van der Waals surface area contributed by atoms with Crippen LogP contribution in [0.2, 0.25) is 0 Å². The van der Waals surface area contributed by atoms with Crippen LogP contribution in [0.25, 0.3) is 0 Å². The SMILES string of the molecule is CCCC1OC2=C(O1)[C@@]1(C)C(=CC2=O)C(=O)C[C@H]2[C@@H]3CC[C@@H](SC)[C@@]3(C)C[C@H](O)[C@@]21F. The van der Waals surface area contributed by atoms with E-state index in [2.05, 4.69) is 13.2 Å². The number of Topliss-reactive ketones (excluding diaryl/α,β-unsaturated/α-hetero) is 1. The summed E-state index contributed by atoms with van der Waals surface area (Å²) in [4.78, 5) is 26.1. The number of hydrogen-bond acceptors (Lipinski definition) is 6. The second-order valence-corrected chi connectivity index (χ2v) is 11.3. The first kappa shape index (κ1) is 21.5. The van der Waals surface area contributed by atoms with Crippen molar-refractivity contribution >= 4 is 23.3 Å². The Morgan fingerprint density at radius 3 is 2.65 bits per heavy atom. The van der Waals surface area contributed by atoms with Crippen LogP contribution >= 0.6 is 11.8 Å². The Morgan fingerprint density at radius 2 is 1.97 bits per heavy atom. The van der Waals surface area contributed by atoms with Crippen LogP contribution in [0.3, 0.4) is 0 Å². The fourth-order valence-corrected chi connectivity index (χ4v) is 8.62. The highest BCUT2D eigenvalue weighted by molar-refractivity contribution is 7.99. The normalized spacial score (nSPS) is 48.3. The summed E-state index contributed by atoms with van der Waals surface area (Å²) in [7, 11) is 0. The third-order valence-electron chi connectivity index (χ3n) is 8.94. The van der Waals surface area contributed by atoms with E-state index in [1.165, 1.54) is 6.08 Å². The van der Waals surface area contributed by atoms with Gasteiger partial charge in [-0.3, -0.25) is 9.59 Å². The summed E-state index contributed by atoms with van der Waals surface area (Å²) in [5.74, 6) is -1.18. The van der Waals surface area contributed by atoms with Crippen LogP contribution in [-0.4, -0.2) is 46.2 Å². The van der Waals surface area contributed by atoms with Gasteiger partial charge in [0.25, 0.3) is 0 Å². The highest BCUT2D eigenvalue weighted by atomic mass is 32.2. The van der Waals surface area contributed by atoms with Crippen molar-refractivity contribution < 1.29 is 28.6 Å². The predicted molar refractivity (Wildman–Crippen MR) is 115 cm³/mol. The molecule has 31 heavy (non-hydrogen) atoms. The summed E-state index contributed by atoms with van der Waals surface area (Å²) in [5, 5.41) is 11.7. The van der Waals surface area contributed by atoms with Gasteiger partial charge < -0.3 is 14.6 Å². The second kappa shape index (κ2) is 6.83. The lowest BCUT2D eigenvalue weighted by molar-refractivity contribution is -0.201. The molecular weight excluding hydrogens is 419 g/mol. The van der Waals surface area contributed by atoms with E-state index in [1.54, 1.807) is 18.7 Å². The molecule has 5 rings (SSSR count). The Labute approximate surface area is 186 Å². The zero-order valence-electron chi connectivity index (χ0n) is 18.6. The minimum Gasteiger partial charge on any atom is -0.454 e. The number of carbonyl (C=O) groups excluding carboxylic acids is 2. The number of aliphatic hydroxyl groups is 1. The maximum Gasteiger partial charge on any atom is 0.241 e. The fraction of sp³-hybridized carbons (Fsp3) is 0.750. The molecule has 0 bridgehead atoms. The number of aliphatic hydroxyl groups excluding tert-OH is 1. The Hall–Kier alpha value is -1.34. The van der Waals surface area contributed by atoms with Gasteiger partial charge in [0.05, 0.1) is 11.5 Å². The Morgan fingerprint density at radius 1 is 1.23 bits per heavy atom. The molecule has 1 N–H and O–H groups in total. The van der Waals surface area contributed by atoms with E-state index >= 15 is 4.39 Å². The summed E-state index contributed by atoms with van der Waals surface area (Å²) in [6, 6.07) is 0. The van der Waals surface area contributed by atoms with E-state index < -0.39 is 35.2 Å². The van der Waals surface area contributed by atoms with Crippen molar-refractivity contribution in [3.63, 3.8) is 0 Å². The summed E-state index contributed by atoms with van der Waals surface area (Å²) in [6.07, 6.45) is 4.86. The first-order valence-corrected chi connectivity index (χ1v) is 12.7. The molecule has 0 amide bonds. The Bertz CT molecular complexity index is 914. The van der Waals surface area contributed by atoms with E-state index in [0.717, 1.165) is 19.3 Å². The molecule has 3 fully saturated rings. The van der Waals surface area contributed by atoms with Gasteiger partial charge in [0.15, 0.2) is 17.2 Å². The third-order valence-corrected chi connectivity index (χ3v) is 10.3. The van der Waals surface area contributed by atoms with Crippen molar-refractivity contribution in [2.75, 3.05) is 6.26 Å². The molecular formula is C24H31FO5S. The molecule has 5 nitrogen and oxygen atoms in total. The molecule has 5 aliphatic rings. The second-order valence-electron chi connectivity index (χ2n) is 10.3. The average Bonchev–Trinajstić information content (AvgIpc) is 3.29. The monoisotopic (exact) mass is 450 g/mol. The van der Waals surface area contributed by atoms with Gasteiger partial charge >= 0.3 is 0 Å². The van der Waals surface area contributed by atoms with Crippen LogP contribution in [0.1, 0.15) is 59.3 Å². The first-order valence-electron chi connectivity index (χ1n) is 11.4. The molecule has 4 aliphatic carbocycles. The molecule has 0 aromatic carbocycles. The number of hydrogen-bond donors (Lipinski definition) is 1. The molecule has 7 heteroatoms. The predicted octanol–water partition coefficient (Wildman–Crippen LogP) is 4.10. The molecule has 0 aromatic rings. The van der Waals surface area contributed by atoms with Gasteiger partial charge in [-0.05, 0) is 56.3 Å². The maximum absolute atomic E-state index is 17.5. The van der Waals surface area contributed by atoms with E-state index in [9.17, 15) is 14.7 Å². The summed E-state index contributed by atoms with van der Waals surface area (Å²) in [5.41, 5.74) is -3.73. The van der Waals surface area contributed by atoms with Gasteiger partial charge in [0.2, 0.25) is 17.8 Å². The van der Waals surface area contributed by atoms with E-state index in [-0.39, 0.29) is 40.6 Å². The highest BCUT2D eigenvalue weighted by Crippen LogP contribution is 2.70. The standard InChI is InChI=1S/C24H31FO5S/c1-5-6-19-29-20-16(27)10-14-15(26)9-13-12-7-8-18(31-4)22(12,2)11-17(28)24(13,25)23(14,3)21(20)30-19/h10,12-13,17-19,28H,5-9,11H2,1-4H3/t12-,13-,17-,18+,19?,22-,23+,24-/m0/s1. The number of thioether (sulfide) groups is 1. The van der Waals surface area contributed by atoms with Crippen LogP contribution in [-0.2, 0) is 19.1 Å². The van der Waals surface area contributed by atoms with E-state index in [1.807, 2.05) is 6.92 Å². The molecule has 1 aliphatic heterocycles. The molecule has 1 heterocycles. The molecule has 8 atom stereocenters. The lowest BCUT2D eigenvalue weighted by Gasteiger charge is -2.61. The van der Waals surface area contributed by atoms with Gasteiger partial charge in [0, 0.05) is 29.6 Å². The largest absolute Gasteiger partial charge is 0.454 e. The van der Waals surface area contributed by atoms with Crippen molar-refractivity contribution in [1.29, 1.82) is 0 Å². The molecule has 0 spiro atoms. The molecule has 0 saturated heterocycles. The maximum atomic E-state index is 17.5. The van der Waals surface area contributed by atoms with Crippen LogP contribution in [0.5, 0.6) is 0 Å². The number of rotatable bonds is 3. The van der Waals surface area contributed by atoms with Crippen LogP contribution < -0.4 is 0 Å². The Kier molecular flexibility index (Phi) is 4.74. The van der Waals surface area contributed by atoms with Crippen molar-refractivity contribution in [3.8, 4) is 0 Å². The van der Waals surface area contributed by atoms with Crippen molar-refractivity contribution in [1.82, 2.24) is 0 Å².